The van der Waals surface area contributed by atoms with Crippen molar-refractivity contribution in [3.05, 3.63) is 35.9 Å². The maximum Gasteiger partial charge on any atom is 0.262 e. The third kappa shape index (κ3) is 3.14. The first-order valence-electron chi connectivity index (χ1n) is 9.51. The molecule has 2 aliphatic heterocycles. The molecule has 1 aromatic carbocycles. The predicted octanol–water partition coefficient (Wildman–Crippen LogP) is 2.68. The minimum atomic E-state index is -2.66. The van der Waals surface area contributed by atoms with Crippen molar-refractivity contribution in [1.29, 1.82) is 0 Å². The molecule has 0 bridgehead atoms. The number of halogens is 2. The molecular formula is C20H26F2N2O2. The summed E-state index contributed by atoms with van der Waals surface area (Å²) in [6.07, 6.45) is 1.61. The van der Waals surface area contributed by atoms with Crippen LogP contribution in [0.4, 0.5) is 8.78 Å². The number of benzene rings is 1. The summed E-state index contributed by atoms with van der Waals surface area (Å²) in [4.78, 5) is 16.7. The number of hydrogen-bond donors (Lipinski definition) is 0. The summed E-state index contributed by atoms with van der Waals surface area (Å²) in [7, 11) is 0. The van der Waals surface area contributed by atoms with E-state index in [9.17, 15) is 13.6 Å². The molecule has 0 N–H and O–H groups in total. The summed E-state index contributed by atoms with van der Waals surface area (Å²) in [6.45, 7) is 3.62. The van der Waals surface area contributed by atoms with Gasteiger partial charge in [0, 0.05) is 38.2 Å². The number of hydrogen-bond acceptors (Lipinski definition) is 3. The molecule has 1 amide bonds. The summed E-state index contributed by atoms with van der Waals surface area (Å²) in [5.74, 6) is -2.50. The van der Waals surface area contributed by atoms with Gasteiger partial charge >= 0.3 is 0 Å². The van der Waals surface area contributed by atoms with Crippen LogP contribution in [0.25, 0.3) is 0 Å². The van der Waals surface area contributed by atoms with Gasteiger partial charge in [0.15, 0.2) is 0 Å². The zero-order valence-corrected chi connectivity index (χ0v) is 15.2. The quantitative estimate of drug-likeness (QED) is 0.778. The Morgan fingerprint density at radius 3 is 2.54 bits per heavy atom. The number of nitrogens with zero attached hydrogens (tertiary/aromatic N) is 2. The topological polar surface area (TPSA) is 32.8 Å². The highest BCUT2D eigenvalue weighted by Gasteiger charge is 2.56. The first-order valence-corrected chi connectivity index (χ1v) is 9.51. The van der Waals surface area contributed by atoms with E-state index in [4.69, 9.17) is 4.74 Å². The SMILES string of the molecule is CCOC[C@@H]1CC(F)(F)CN1C1CN(C(=O)C2(c3ccccc3)CC2)C1. The molecule has 4 nitrogen and oxygen atoms in total. The van der Waals surface area contributed by atoms with Gasteiger partial charge in [-0.05, 0) is 25.3 Å². The van der Waals surface area contributed by atoms with E-state index in [1.54, 1.807) is 0 Å². The van der Waals surface area contributed by atoms with Crippen LogP contribution >= 0.6 is 0 Å². The lowest BCUT2D eigenvalue weighted by atomic mass is 9.92. The molecule has 1 saturated carbocycles. The Balaban J connectivity index is 1.38. The lowest BCUT2D eigenvalue weighted by molar-refractivity contribution is -0.142. The number of alkyl halides is 2. The lowest BCUT2D eigenvalue weighted by Crippen LogP contribution is -2.64. The fraction of sp³-hybridized carbons (Fsp3) is 0.650. The van der Waals surface area contributed by atoms with Gasteiger partial charge < -0.3 is 9.64 Å². The maximum atomic E-state index is 13.9. The maximum absolute atomic E-state index is 13.9. The highest BCUT2D eigenvalue weighted by atomic mass is 19.3. The highest BCUT2D eigenvalue weighted by Crippen LogP contribution is 2.50. The van der Waals surface area contributed by atoms with Gasteiger partial charge in [-0.3, -0.25) is 9.69 Å². The predicted molar refractivity (Wildman–Crippen MR) is 94.3 cm³/mol. The molecule has 6 heteroatoms. The third-order valence-corrected chi connectivity index (χ3v) is 6.04. The fourth-order valence-corrected chi connectivity index (χ4v) is 4.40. The molecule has 1 aromatic rings. The molecule has 1 aliphatic carbocycles. The minimum Gasteiger partial charge on any atom is -0.380 e. The second kappa shape index (κ2) is 6.57. The first-order chi connectivity index (χ1) is 12.5. The molecule has 0 spiro atoms. The lowest BCUT2D eigenvalue weighted by Gasteiger charge is -2.47. The van der Waals surface area contributed by atoms with Crippen molar-refractivity contribution in [1.82, 2.24) is 9.80 Å². The minimum absolute atomic E-state index is 0.0179. The van der Waals surface area contributed by atoms with Crippen LogP contribution in [0.15, 0.2) is 30.3 Å². The van der Waals surface area contributed by atoms with Crippen LogP contribution in [-0.2, 0) is 14.9 Å². The smallest absolute Gasteiger partial charge is 0.262 e. The second-order valence-corrected chi connectivity index (χ2v) is 7.86. The molecule has 3 aliphatic rings. The zero-order chi connectivity index (χ0) is 18.4. The average Bonchev–Trinajstić information content (AvgIpc) is 3.33. The van der Waals surface area contributed by atoms with Gasteiger partial charge in [0.25, 0.3) is 5.92 Å². The molecule has 4 rings (SSSR count). The molecule has 0 radical (unpaired) electrons. The summed E-state index contributed by atoms with van der Waals surface area (Å²) >= 11 is 0. The molecular weight excluding hydrogens is 338 g/mol. The Morgan fingerprint density at radius 2 is 1.92 bits per heavy atom. The van der Waals surface area contributed by atoms with E-state index in [1.165, 1.54) is 0 Å². The first kappa shape index (κ1) is 17.9. The highest BCUT2D eigenvalue weighted by molar-refractivity contribution is 5.92. The number of amides is 1. The van der Waals surface area contributed by atoms with Crippen molar-refractivity contribution in [2.24, 2.45) is 0 Å². The van der Waals surface area contributed by atoms with Gasteiger partial charge in [0.2, 0.25) is 5.91 Å². The van der Waals surface area contributed by atoms with Crippen LogP contribution in [0.2, 0.25) is 0 Å². The van der Waals surface area contributed by atoms with Crippen molar-refractivity contribution in [3.8, 4) is 0 Å². The van der Waals surface area contributed by atoms with Gasteiger partial charge in [-0.25, -0.2) is 8.78 Å². The van der Waals surface area contributed by atoms with E-state index >= 15 is 0 Å². The van der Waals surface area contributed by atoms with Crippen molar-refractivity contribution in [2.75, 3.05) is 32.8 Å². The molecule has 142 valence electrons. The fourth-order valence-electron chi connectivity index (χ4n) is 4.40. The van der Waals surface area contributed by atoms with E-state index in [1.807, 2.05) is 47.1 Å². The monoisotopic (exact) mass is 364 g/mol. The molecule has 0 aromatic heterocycles. The van der Waals surface area contributed by atoms with Crippen LogP contribution in [-0.4, -0.2) is 66.6 Å². The van der Waals surface area contributed by atoms with Crippen LogP contribution in [0.1, 0.15) is 31.7 Å². The summed E-state index contributed by atoms with van der Waals surface area (Å²) in [5.41, 5.74) is 0.710. The van der Waals surface area contributed by atoms with Crippen molar-refractivity contribution in [2.45, 2.75) is 49.6 Å². The average molecular weight is 364 g/mol. The van der Waals surface area contributed by atoms with Crippen LogP contribution in [0, 0.1) is 0 Å². The normalized spacial score (nSPS) is 27.3. The summed E-state index contributed by atoms with van der Waals surface area (Å²) in [6, 6.07) is 9.68. The number of ether oxygens (including phenoxy) is 1. The van der Waals surface area contributed by atoms with Crippen molar-refractivity contribution in [3.63, 3.8) is 0 Å². The van der Waals surface area contributed by atoms with Gasteiger partial charge in [-0.2, -0.15) is 0 Å². The van der Waals surface area contributed by atoms with E-state index in [2.05, 4.69) is 0 Å². The third-order valence-electron chi connectivity index (χ3n) is 6.04. The van der Waals surface area contributed by atoms with E-state index in [0.717, 1.165) is 18.4 Å². The van der Waals surface area contributed by atoms with Gasteiger partial charge in [-0.15, -0.1) is 0 Å². The summed E-state index contributed by atoms with van der Waals surface area (Å²) < 4.78 is 33.2. The number of likely N-dealkylation sites (tertiary alicyclic amines) is 2. The largest absolute Gasteiger partial charge is 0.380 e. The Kier molecular flexibility index (Phi) is 4.51. The number of carbonyl (C=O) groups excluding carboxylic acids is 1. The van der Waals surface area contributed by atoms with E-state index in [0.29, 0.717) is 26.3 Å². The molecule has 3 fully saturated rings. The van der Waals surface area contributed by atoms with Crippen molar-refractivity contribution < 1.29 is 18.3 Å². The molecule has 1 atom stereocenters. The van der Waals surface area contributed by atoms with E-state index < -0.39 is 5.92 Å². The number of rotatable bonds is 6. The molecule has 2 saturated heterocycles. The standard InChI is InChI=1S/C20H26F2N2O2/c1-2-26-13-16-10-20(21,22)14-24(16)17-11-23(12-17)18(25)19(8-9-19)15-6-4-3-5-7-15/h3-7,16-17H,2,8-14H2,1H3/t16-/m0/s1. The Bertz CT molecular complexity index is 657. The van der Waals surface area contributed by atoms with Gasteiger partial charge in [-0.1, -0.05) is 30.3 Å². The Labute approximate surface area is 153 Å². The van der Waals surface area contributed by atoms with E-state index in [-0.39, 0.29) is 36.4 Å². The van der Waals surface area contributed by atoms with Crippen LogP contribution in [0.5, 0.6) is 0 Å². The van der Waals surface area contributed by atoms with Crippen LogP contribution < -0.4 is 0 Å². The van der Waals surface area contributed by atoms with Crippen LogP contribution in [0.3, 0.4) is 0 Å². The van der Waals surface area contributed by atoms with Gasteiger partial charge in [0.1, 0.15) is 0 Å². The summed E-state index contributed by atoms with van der Waals surface area (Å²) in [5, 5.41) is 0. The molecule has 2 heterocycles. The van der Waals surface area contributed by atoms with Gasteiger partial charge in [0.05, 0.1) is 18.6 Å². The second-order valence-electron chi connectivity index (χ2n) is 7.86. The Hall–Kier alpha value is -1.53. The molecule has 0 unspecified atom stereocenters. The Morgan fingerprint density at radius 1 is 1.23 bits per heavy atom. The molecule has 26 heavy (non-hydrogen) atoms. The zero-order valence-electron chi connectivity index (χ0n) is 15.2. The number of carbonyl (C=O) groups is 1. The van der Waals surface area contributed by atoms with Crippen molar-refractivity contribution >= 4 is 5.91 Å².